The lowest BCUT2D eigenvalue weighted by Gasteiger charge is -2.20. The summed E-state index contributed by atoms with van der Waals surface area (Å²) in [5.74, 6) is 0.289. The van der Waals surface area contributed by atoms with E-state index in [0.29, 0.717) is 40.3 Å². The van der Waals surface area contributed by atoms with Crippen molar-refractivity contribution in [3.63, 3.8) is 0 Å². The van der Waals surface area contributed by atoms with Crippen LogP contribution in [0.5, 0.6) is 0 Å². The molecule has 1 fully saturated rings. The van der Waals surface area contributed by atoms with Crippen LogP contribution in [0.2, 0.25) is 0 Å². The van der Waals surface area contributed by atoms with Crippen molar-refractivity contribution < 1.29 is 17.9 Å². The lowest BCUT2D eigenvalue weighted by molar-refractivity contribution is 0.0766. The van der Waals surface area contributed by atoms with Gasteiger partial charge < -0.3 is 9.64 Å². The number of nitrogens with zero attached hydrogens (tertiary/aromatic N) is 4. The Morgan fingerprint density at radius 3 is 2.56 bits per heavy atom. The number of hydrogen-bond acceptors (Lipinski definition) is 6. The number of carbonyl (C=O) groups is 1. The Kier molecular flexibility index (Phi) is 6.67. The summed E-state index contributed by atoms with van der Waals surface area (Å²) in [6.07, 6.45) is 3.97. The van der Waals surface area contributed by atoms with E-state index < -0.39 is 10.0 Å². The molecule has 10 heteroatoms. The van der Waals surface area contributed by atoms with Gasteiger partial charge in [-0.1, -0.05) is 29.8 Å². The van der Waals surface area contributed by atoms with Crippen LogP contribution in [0.15, 0.2) is 70.4 Å². The van der Waals surface area contributed by atoms with Crippen LogP contribution in [0.4, 0.5) is 0 Å². The van der Waals surface area contributed by atoms with Crippen LogP contribution >= 0.6 is 15.9 Å². The van der Waals surface area contributed by atoms with Crippen LogP contribution in [-0.4, -0.2) is 60.0 Å². The minimum atomic E-state index is -3.90. The fourth-order valence-electron chi connectivity index (χ4n) is 4.37. The van der Waals surface area contributed by atoms with Gasteiger partial charge in [0.15, 0.2) is 5.65 Å². The summed E-state index contributed by atoms with van der Waals surface area (Å²) in [7, 11) is -2.10. The standard InChI is InChI=1S/C26H25BrN4O4S/c1-17-3-9-21(10-4-17)36(33,34)31-15-22(24-25(31)28-13-23(27)29-24)19-5-7-20(8-6-19)26(32)30(2)14-18-11-12-35-16-18/h3-10,13,15,18H,11-12,14,16H2,1-2H3/t18-/m0/s1. The number of ether oxygens (including phenoxy) is 1. The van der Waals surface area contributed by atoms with Gasteiger partial charge in [-0.3, -0.25) is 4.79 Å². The third-order valence-electron chi connectivity index (χ3n) is 6.36. The van der Waals surface area contributed by atoms with Gasteiger partial charge in [0.1, 0.15) is 10.1 Å². The smallest absolute Gasteiger partial charge is 0.269 e. The largest absolute Gasteiger partial charge is 0.381 e. The highest BCUT2D eigenvalue weighted by atomic mass is 79.9. The molecule has 1 amide bonds. The lowest BCUT2D eigenvalue weighted by Crippen LogP contribution is -2.32. The molecule has 1 aliphatic heterocycles. The summed E-state index contributed by atoms with van der Waals surface area (Å²) in [4.78, 5) is 23.7. The molecule has 0 aliphatic carbocycles. The van der Waals surface area contributed by atoms with E-state index in [9.17, 15) is 13.2 Å². The SMILES string of the molecule is Cc1ccc(S(=O)(=O)n2cc(-c3ccc(C(=O)N(C)C[C@@H]4CCOC4)cc3)c3nc(Br)cnc32)cc1. The first-order valence-electron chi connectivity index (χ1n) is 11.5. The molecule has 0 spiro atoms. The Balaban J connectivity index is 1.50. The highest BCUT2D eigenvalue weighted by Gasteiger charge is 2.25. The van der Waals surface area contributed by atoms with E-state index in [-0.39, 0.29) is 16.4 Å². The van der Waals surface area contributed by atoms with Gasteiger partial charge in [0.05, 0.1) is 17.7 Å². The monoisotopic (exact) mass is 568 g/mol. The Labute approximate surface area is 218 Å². The van der Waals surface area contributed by atoms with Crippen molar-refractivity contribution in [3.8, 4) is 11.1 Å². The van der Waals surface area contributed by atoms with E-state index in [1.807, 2.05) is 6.92 Å². The van der Waals surface area contributed by atoms with E-state index in [4.69, 9.17) is 4.74 Å². The predicted octanol–water partition coefficient (Wildman–Crippen LogP) is 4.51. The topological polar surface area (TPSA) is 94.4 Å². The molecule has 1 atom stereocenters. The maximum absolute atomic E-state index is 13.5. The van der Waals surface area contributed by atoms with Gasteiger partial charge >= 0.3 is 0 Å². The number of carbonyl (C=O) groups excluding carboxylic acids is 1. The summed E-state index contributed by atoms with van der Waals surface area (Å²) in [5, 5.41) is 0. The minimum absolute atomic E-state index is 0.0691. The molecular formula is C26H25BrN4O4S. The molecule has 0 radical (unpaired) electrons. The molecule has 0 unspecified atom stereocenters. The number of aromatic nitrogens is 3. The van der Waals surface area contributed by atoms with Crippen molar-refractivity contribution in [1.29, 1.82) is 0 Å². The molecule has 186 valence electrons. The number of amides is 1. The Hall–Kier alpha value is -3.08. The number of aryl methyl sites for hydroxylation is 1. The average molecular weight is 569 g/mol. The van der Waals surface area contributed by atoms with Crippen LogP contribution in [-0.2, 0) is 14.8 Å². The molecule has 4 aromatic rings. The van der Waals surface area contributed by atoms with E-state index in [1.54, 1.807) is 60.5 Å². The maximum Gasteiger partial charge on any atom is 0.269 e. The normalized spacial score (nSPS) is 15.9. The Morgan fingerprint density at radius 1 is 1.17 bits per heavy atom. The average Bonchev–Trinajstić information content (AvgIpc) is 3.52. The highest BCUT2D eigenvalue weighted by molar-refractivity contribution is 9.10. The molecule has 2 aromatic carbocycles. The molecule has 2 aromatic heterocycles. The van der Waals surface area contributed by atoms with Gasteiger partial charge in [-0.05, 0) is 59.1 Å². The molecule has 1 saturated heterocycles. The molecular weight excluding hydrogens is 544 g/mol. The van der Waals surface area contributed by atoms with Gasteiger partial charge in [0, 0.05) is 43.4 Å². The molecule has 8 nitrogen and oxygen atoms in total. The summed E-state index contributed by atoms with van der Waals surface area (Å²) < 4.78 is 34.0. The quantitative estimate of drug-likeness (QED) is 0.339. The van der Waals surface area contributed by atoms with E-state index in [2.05, 4.69) is 25.9 Å². The number of halogens is 1. The van der Waals surface area contributed by atoms with Crippen molar-refractivity contribution in [2.75, 3.05) is 26.8 Å². The Bertz CT molecular complexity index is 1530. The first-order valence-corrected chi connectivity index (χ1v) is 13.8. The van der Waals surface area contributed by atoms with Gasteiger partial charge in [-0.15, -0.1) is 0 Å². The zero-order chi connectivity index (χ0) is 25.4. The van der Waals surface area contributed by atoms with E-state index in [1.165, 1.54) is 12.4 Å². The summed E-state index contributed by atoms with van der Waals surface area (Å²) in [6, 6.07) is 13.8. The number of benzene rings is 2. The number of rotatable bonds is 6. The summed E-state index contributed by atoms with van der Waals surface area (Å²) in [5.41, 5.74) is 3.53. The van der Waals surface area contributed by atoms with Crippen molar-refractivity contribution in [1.82, 2.24) is 18.8 Å². The third kappa shape index (κ3) is 4.68. The summed E-state index contributed by atoms with van der Waals surface area (Å²) in [6.45, 7) is 3.97. The van der Waals surface area contributed by atoms with Crippen LogP contribution in [0, 0.1) is 12.8 Å². The van der Waals surface area contributed by atoms with E-state index >= 15 is 0 Å². The molecule has 36 heavy (non-hydrogen) atoms. The highest BCUT2D eigenvalue weighted by Crippen LogP contribution is 2.32. The molecule has 0 N–H and O–H groups in total. The van der Waals surface area contributed by atoms with Crippen LogP contribution in [0.3, 0.4) is 0 Å². The third-order valence-corrected chi connectivity index (χ3v) is 8.40. The first kappa shape index (κ1) is 24.6. The fourth-order valence-corrected chi connectivity index (χ4v) is 5.96. The molecule has 0 bridgehead atoms. The Morgan fingerprint density at radius 2 is 1.89 bits per heavy atom. The first-order chi connectivity index (χ1) is 17.2. The van der Waals surface area contributed by atoms with E-state index in [0.717, 1.165) is 28.1 Å². The minimum Gasteiger partial charge on any atom is -0.381 e. The number of hydrogen-bond donors (Lipinski definition) is 0. The van der Waals surface area contributed by atoms with Crippen molar-refractivity contribution in [3.05, 3.63) is 76.7 Å². The second kappa shape index (κ2) is 9.76. The van der Waals surface area contributed by atoms with Crippen LogP contribution in [0.1, 0.15) is 22.3 Å². The van der Waals surface area contributed by atoms with Crippen molar-refractivity contribution >= 4 is 43.0 Å². The van der Waals surface area contributed by atoms with Crippen molar-refractivity contribution in [2.45, 2.75) is 18.2 Å². The summed E-state index contributed by atoms with van der Waals surface area (Å²) >= 11 is 3.34. The second-order valence-electron chi connectivity index (χ2n) is 9.01. The van der Waals surface area contributed by atoms with Crippen LogP contribution in [0.25, 0.3) is 22.3 Å². The second-order valence-corrected chi connectivity index (χ2v) is 11.6. The van der Waals surface area contributed by atoms with Gasteiger partial charge in [-0.2, -0.15) is 0 Å². The van der Waals surface area contributed by atoms with Gasteiger partial charge in [-0.25, -0.2) is 22.4 Å². The molecule has 0 saturated carbocycles. The predicted molar refractivity (Wildman–Crippen MR) is 140 cm³/mol. The van der Waals surface area contributed by atoms with Crippen LogP contribution < -0.4 is 0 Å². The van der Waals surface area contributed by atoms with Crippen molar-refractivity contribution in [2.24, 2.45) is 5.92 Å². The molecule has 3 heterocycles. The molecule has 1 aliphatic rings. The zero-order valence-electron chi connectivity index (χ0n) is 19.9. The lowest BCUT2D eigenvalue weighted by atomic mass is 10.0. The van der Waals surface area contributed by atoms with Gasteiger partial charge in [0.2, 0.25) is 0 Å². The number of fused-ring (bicyclic) bond motifs is 1. The maximum atomic E-state index is 13.5. The zero-order valence-corrected chi connectivity index (χ0v) is 22.3. The molecule has 5 rings (SSSR count). The fraction of sp³-hybridized carbons (Fsp3) is 0.269. The van der Waals surface area contributed by atoms with Gasteiger partial charge in [0.25, 0.3) is 15.9 Å².